The average Bonchev–Trinajstić information content (AvgIpc) is 2.52. The summed E-state index contributed by atoms with van der Waals surface area (Å²) in [4.78, 5) is 10.9. The zero-order chi connectivity index (χ0) is 10.2. The Morgan fingerprint density at radius 3 is 2.71 bits per heavy atom. The maximum absolute atomic E-state index is 10.9. The van der Waals surface area contributed by atoms with Crippen LogP contribution in [-0.2, 0) is 14.3 Å². The van der Waals surface area contributed by atoms with Gasteiger partial charge in [0.1, 0.15) is 5.60 Å². The molecule has 0 amide bonds. The topological polar surface area (TPSA) is 35.5 Å². The van der Waals surface area contributed by atoms with E-state index in [9.17, 15) is 4.79 Å². The van der Waals surface area contributed by atoms with Gasteiger partial charge in [0, 0.05) is 18.9 Å². The van der Waals surface area contributed by atoms with Gasteiger partial charge in [-0.3, -0.25) is 0 Å². The minimum Gasteiger partial charge on any atom is -0.381 e. The Labute approximate surface area is 84.8 Å². The van der Waals surface area contributed by atoms with Crippen LogP contribution in [0, 0.1) is 5.92 Å². The van der Waals surface area contributed by atoms with Crippen molar-refractivity contribution in [2.24, 2.45) is 5.92 Å². The van der Waals surface area contributed by atoms with E-state index in [4.69, 9.17) is 9.47 Å². The molecule has 2 saturated heterocycles. The third-order valence-electron chi connectivity index (χ3n) is 3.67. The lowest BCUT2D eigenvalue weighted by Gasteiger charge is -2.40. The van der Waals surface area contributed by atoms with Gasteiger partial charge in [0.05, 0.1) is 12.2 Å². The molecule has 0 N–H and O–H groups in total. The summed E-state index contributed by atoms with van der Waals surface area (Å²) >= 11 is 0. The third-order valence-corrected chi connectivity index (χ3v) is 3.67. The maximum Gasteiger partial charge on any atom is 0.151 e. The van der Waals surface area contributed by atoms with E-state index in [1.54, 1.807) is 0 Å². The molecular weight excluding hydrogens is 180 g/mol. The number of hydrogen-bond donors (Lipinski definition) is 0. The molecule has 0 aromatic carbocycles. The fourth-order valence-electron chi connectivity index (χ4n) is 2.54. The Kier molecular flexibility index (Phi) is 2.40. The quantitative estimate of drug-likeness (QED) is 0.600. The second kappa shape index (κ2) is 3.31. The molecule has 3 nitrogen and oxygen atoms in total. The van der Waals surface area contributed by atoms with Gasteiger partial charge in [-0.05, 0) is 19.8 Å². The first kappa shape index (κ1) is 10.1. The predicted molar refractivity (Wildman–Crippen MR) is 52.1 cm³/mol. The molecule has 1 spiro atoms. The van der Waals surface area contributed by atoms with Crippen molar-refractivity contribution in [3.63, 3.8) is 0 Å². The third kappa shape index (κ3) is 1.48. The molecule has 2 rings (SSSR count). The van der Waals surface area contributed by atoms with Gasteiger partial charge in [-0.1, -0.05) is 6.92 Å². The van der Waals surface area contributed by atoms with Crippen LogP contribution >= 0.6 is 0 Å². The van der Waals surface area contributed by atoms with Crippen LogP contribution in [0.25, 0.3) is 0 Å². The van der Waals surface area contributed by atoms with Crippen molar-refractivity contribution in [3.8, 4) is 0 Å². The Morgan fingerprint density at radius 1 is 1.36 bits per heavy atom. The average molecular weight is 198 g/mol. The molecular formula is C11H18O3. The second-order valence-corrected chi connectivity index (χ2v) is 4.82. The van der Waals surface area contributed by atoms with E-state index in [1.807, 2.05) is 6.92 Å². The van der Waals surface area contributed by atoms with Gasteiger partial charge in [0.2, 0.25) is 0 Å². The summed E-state index contributed by atoms with van der Waals surface area (Å²) in [6.07, 6.45) is 3.72. The van der Waals surface area contributed by atoms with Crippen LogP contribution in [0.1, 0.15) is 33.1 Å². The van der Waals surface area contributed by atoms with Gasteiger partial charge < -0.3 is 14.3 Å². The van der Waals surface area contributed by atoms with E-state index >= 15 is 0 Å². The van der Waals surface area contributed by atoms with Crippen molar-refractivity contribution in [3.05, 3.63) is 0 Å². The minimum atomic E-state index is -0.550. The lowest BCUT2D eigenvalue weighted by molar-refractivity contribution is -0.169. The SMILES string of the molecule is CC1COCCC12CCC(C)(C=O)O2. The normalized spacial score (nSPS) is 48.3. The van der Waals surface area contributed by atoms with Gasteiger partial charge in [-0.2, -0.15) is 0 Å². The van der Waals surface area contributed by atoms with Gasteiger partial charge in [0.25, 0.3) is 0 Å². The summed E-state index contributed by atoms with van der Waals surface area (Å²) in [5, 5.41) is 0. The standard InChI is InChI=1S/C11H18O3/c1-9-7-13-6-5-11(9)4-3-10(2,8-12)14-11/h8-9H,3-7H2,1-2H3. The number of rotatable bonds is 1. The molecule has 2 heterocycles. The molecule has 2 aliphatic heterocycles. The number of ether oxygens (including phenoxy) is 2. The summed E-state index contributed by atoms with van der Waals surface area (Å²) in [7, 11) is 0. The molecule has 80 valence electrons. The zero-order valence-corrected chi connectivity index (χ0v) is 8.91. The number of carbonyl (C=O) groups excluding carboxylic acids is 1. The molecule has 2 aliphatic rings. The van der Waals surface area contributed by atoms with Gasteiger partial charge in [-0.15, -0.1) is 0 Å². The highest BCUT2D eigenvalue weighted by Gasteiger charge is 2.50. The highest BCUT2D eigenvalue weighted by atomic mass is 16.5. The second-order valence-electron chi connectivity index (χ2n) is 4.82. The number of carbonyl (C=O) groups is 1. The minimum absolute atomic E-state index is 0.0894. The first-order chi connectivity index (χ1) is 6.60. The van der Waals surface area contributed by atoms with Crippen molar-refractivity contribution >= 4 is 6.29 Å². The Morgan fingerprint density at radius 2 is 2.14 bits per heavy atom. The van der Waals surface area contributed by atoms with Crippen molar-refractivity contribution in [2.75, 3.05) is 13.2 Å². The zero-order valence-electron chi connectivity index (χ0n) is 8.91. The molecule has 0 saturated carbocycles. The lowest BCUT2D eigenvalue weighted by Crippen LogP contribution is -2.45. The summed E-state index contributed by atoms with van der Waals surface area (Å²) in [6.45, 7) is 5.56. The van der Waals surface area contributed by atoms with Crippen molar-refractivity contribution in [2.45, 2.75) is 44.3 Å². The molecule has 14 heavy (non-hydrogen) atoms. The molecule has 3 heteroatoms. The van der Waals surface area contributed by atoms with Crippen molar-refractivity contribution in [1.82, 2.24) is 0 Å². The van der Waals surface area contributed by atoms with Crippen LogP contribution in [0.5, 0.6) is 0 Å². The molecule has 0 aromatic heterocycles. The van der Waals surface area contributed by atoms with E-state index < -0.39 is 5.60 Å². The largest absolute Gasteiger partial charge is 0.381 e. The van der Waals surface area contributed by atoms with E-state index in [0.717, 1.165) is 38.8 Å². The lowest BCUT2D eigenvalue weighted by atomic mass is 9.82. The van der Waals surface area contributed by atoms with E-state index in [0.29, 0.717) is 5.92 Å². The first-order valence-corrected chi connectivity index (χ1v) is 5.34. The Bertz CT molecular complexity index is 241. The molecule has 2 fully saturated rings. The van der Waals surface area contributed by atoms with E-state index in [-0.39, 0.29) is 5.60 Å². The van der Waals surface area contributed by atoms with Crippen LogP contribution in [0.2, 0.25) is 0 Å². The first-order valence-electron chi connectivity index (χ1n) is 5.34. The van der Waals surface area contributed by atoms with E-state index in [1.165, 1.54) is 0 Å². The van der Waals surface area contributed by atoms with Crippen molar-refractivity contribution < 1.29 is 14.3 Å². The van der Waals surface area contributed by atoms with Crippen LogP contribution in [0.15, 0.2) is 0 Å². The molecule has 0 aromatic rings. The molecule has 0 radical (unpaired) electrons. The summed E-state index contributed by atoms with van der Waals surface area (Å²) < 4.78 is 11.4. The predicted octanol–water partition coefficient (Wildman–Crippen LogP) is 1.55. The highest BCUT2D eigenvalue weighted by Crippen LogP contribution is 2.45. The molecule has 0 bridgehead atoms. The smallest absolute Gasteiger partial charge is 0.151 e. The van der Waals surface area contributed by atoms with Crippen molar-refractivity contribution in [1.29, 1.82) is 0 Å². The summed E-state index contributed by atoms with van der Waals surface area (Å²) in [6, 6.07) is 0. The van der Waals surface area contributed by atoms with Crippen LogP contribution in [0.3, 0.4) is 0 Å². The van der Waals surface area contributed by atoms with Crippen LogP contribution < -0.4 is 0 Å². The van der Waals surface area contributed by atoms with Gasteiger partial charge >= 0.3 is 0 Å². The van der Waals surface area contributed by atoms with Gasteiger partial charge in [0.15, 0.2) is 6.29 Å². The maximum atomic E-state index is 10.9. The fourth-order valence-corrected chi connectivity index (χ4v) is 2.54. The Hall–Kier alpha value is -0.410. The summed E-state index contributed by atoms with van der Waals surface area (Å²) in [5.41, 5.74) is -0.639. The van der Waals surface area contributed by atoms with Gasteiger partial charge in [-0.25, -0.2) is 0 Å². The summed E-state index contributed by atoms with van der Waals surface area (Å²) in [5.74, 6) is 0.401. The molecule has 0 aliphatic carbocycles. The number of hydrogen-bond acceptors (Lipinski definition) is 3. The monoisotopic (exact) mass is 198 g/mol. The molecule has 3 unspecified atom stereocenters. The van der Waals surface area contributed by atoms with Crippen LogP contribution in [-0.4, -0.2) is 30.7 Å². The highest BCUT2D eigenvalue weighted by molar-refractivity contribution is 5.62. The number of aldehydes is 1. The Balaban J connectivity index is 2.14. The fraction of sp³-hybridized carbons (Fsp3) is 0.909. The van der Waals surface area contributed by atoms with E-state index in [2.05, 4.69) is 6.92 Å². The van der Waals surface area contributed by atoms with Crippen LogP contribution in [0.4, 0.5) is 0 Å². The molecule has 3 atom stereocenters.